The first kappa shape index (κ1) is 36.9. The van der Waals surface area contributed by atoms with Crippen LogP contribution in [0.5, 0.6) is 5.75 Å². The van der Waals surface area contributed by atoms with Gasteiger partial charge in [-0.2, -0.15) is 22.0 Å². The first-order valence-electron chi connectivity index (χ1n) is 16.8. The molecule has 5 aliphatic rings. The van der Waals surface area contributed by atoms with Crippen molar-refractivity contribution < 1.29 is 58.9 Å². The molecule has 1 spiro atoms. The number of phenolic OH excluding ortho intramolecular Hbond substituents is 1. The molecule has 1 aromatic carbocycles. The third kappa shape index (κ3) is 5.66. The zero-order valence-corrected chi connectivity index (χ0v) is 32.3. The number of carbonyl (C=O) groups is 3. The number of carboxylic acids is 1. The Labute approximate surface area is 329 Å². The molecule has 5 fully saturated rings. The van der Waals surface area contributed by atoms with Crippen LogP contribution in [-0.2, 0) is 14.3 Å². The summed E-state index contributed by atoms with van der Waals surface area (Å²) in [6.07, 6.45) is 9.62. The molecule has 2 aromatic heterocycles. The number of carbonyl (C=O) groups excluding carboxylic acids is 3. The summed E-state index contributed by atoms with van der Waals surface area (Å²) in [5.41, 5.74) is -2.23. The number of nitrogens with one attached hydrogen (secondary N) is 3. The fourth-order valence-corrected chi connectivity index (χ4v) is 11.7. The Hall–Kier alpha value is -3.47. The van der Waals surface area contributed by atoms with Gasteiger partial charge in [0, 0.05) is 28.1 Å². The number of fused-ring (bicyclic) bond motifs is 1. The van der Waals surface area contributed by atoms with Crippen LogP contribution >= 0.6 is 23.5 Å². The van der Waals surface area contributed by atoms with Crippen molar-refractivity contribution in [3.8, 4) is 5.75 Å². The predicted molar refractivity (Wildman–Crippen MR) is 189 cm³/mol. The average molecular weight is 751 g/mol. The van der Waals surface area contributed by atoms with Gasteiger partial charge in [-0.3, -0.25) is 19.4 Å². The van der Waals surface area contributed by atoms with Crippen molar-refractivity contribution in [2.45, 2.75) is 83.2 Å². The van der Waals surface area contributed by atoms with Crippen LogP contribution in [0.4, 0.5) is 0 Å². The SMILES string of the molecule is CC1(C)S[C@H]2[C@@H](NC(=O)C(NC(=O)c3ccc(/C=C/c4ccncc4)[nH]c3=O)c3ccc(O)cc3)C(N=NC34CCSC3CC4)C23O[C@@]13C(=O)[O-].[Na+]. The maximum Gasteiger partial charge on any atom is 1.00 e. The first-order chi connectivity index (χ1) is 24.4. The third-order valence-corrected chi connectivity index (χ3v) is 14.3. The molecule has 2 saturated carbocycles. The molecular formula is C36H35N6NaO7S2. The quantitative estimate of drug-likeness (QED) is 0.120. The van der Waals surface area contributed by atoms with E-state index in [0.29, 0.717) is 16.5 Å². The van der Waals surface area contributed by atoms with Gasteiger partial charge in [0.05, 0.1) is 22.8 Å². The van der Waals surface area contributed by atoms with Crippen molar-refractivity contribution in [2.75, 3.05) is 5.75 Å². The summed E-state index contributed by atoms with van der Waals surface area (Å²) in [7, 11) is 0. The maximum atomic E-state index is 14.2. The smallest absolute Gasteiger partial charge is 0.547 e. The predicted octanol–water partition coefficient (Wildman–Crippen LogP) is -0.370. The number of aromatic hydroxyl groups is 1. The van der Waals surface area contributed by atoms with Crippen molar-refractivity contribution in [2.24, 2.45) is 10.2 Å². The van der Waals surface area contributed by atoms with E-state index in [1.165, 1.54) is 42.1 Å². The zero-order valence-electron chi connectivity index (χ0n) is 28.7. The van der Waals surface area contributed by atoms with Gasteiger partial charge in [-0.05, 0) is 92.5 Å². The molecule has 0 bridgehead atoms. The number of pyridine rings is 2. The molecule has 3 aliphatic heterocycles. The number of hydrogen-bond donors (Lipinski definition) is 4. The number of rotatable bonds is 10. The monoisotopic (exact) mass is 750 g/mol. The summed E-state index contributed by atoms with van der Waals surface area (Å²) in [4.78, 5) is 60.2. The maximum absolute atomic E-state index is 14.2. The molecule has 13 nitrogen and oxygen atoms in total. The fraction of sp³-hybridized carbons (Fsp3) is 0.417. The van der Waals surface area contributed by atoms with Gasteiger partial charge in [-0.25, -0.2) is 0 Å². The Bertz CT molecular complexity index is 2050. The molecule has 2 amide bonds. The molecule has 52 heavy (non-hydrogen) atoms. The Balaban J connectivity index is 0.00000420. The molecule has 4 N–H and O–H groups in total. The summed E-state index contributed by atoms with van der Waals surface area (Å²) < 4.78 is 5.25. The summed E-state index contributed by atoms with van der Waals surface area (Å²) >= 11 is 3.28. The van der Waals surface area contributed by atoms with Crippen molar-refractivity contribution in [1.82, 2.24) is 20.6 Å². The number of aromatic amines is 1. The summed E-state index contributed by atoms with van der Waals surface area (Å²) in [6, 6.07) is 9.61. The minimum absolute atomic E-state index is 0. The largest absolute Gasteiger partial charge is 1.00 e. The van der Waals surface area contributed by atoms with Gasteiger partial charge in [-0.15, -0.1) is 11.8 Å². The Morgan fingerprint density at radius 1 is 1.10 bits per heavy atom. The van der Waals surface area contributed by atoms with Gasteiger partial charge in [0.2, 0.25) is 5.91 Å². The van der Waals surface area contributed by atoms with Gasteiger partial charge in [0.15, 0.2) is 5.60 Å². The molecule has 8 rings (SSSR count). The van der Waals surface area contributed by atoms with Crippen LogP contribution < -0.4 is 50.9 Å². The minimum Gasteiger partial charge on any atom is -0.547 e. The Kier molecular flexibility index (Phi) is 9.52. The molecule has 5 heterocycles. The van der Waals surface area contributed by atoms with Crippen LogP contribution in [0.15, 0.2) is 75.9 Å². The Morgan fingerprint density at radius 3 is 2.48 bits per heavy atom. The van der Waals surface area contributed by atoms with E-state index in [9.17, 15) is 29.4 Å². The number of azo groups is 1. The van der Waals surface area contributed by atoms with Crippen molar-refractivity contribution in [1.29, 1.82) is 0 Å². The zero-order chi connectivity index (χ0) is 35.8. The van der Waals surface area contributed by atoms with Crippen LogP contribution in [-0.4, -0.2) is 82.7 Å². The van der Waals surface area contributed by atoms with Crippen LogP contribution in [0.2, 0.25) is 0 Å². The molecule has 8 atom stereocenters. The van der Waals surface area contributed by atoms with Crippen LogP contribution in [0.3, 0.4) is 0 Å². The van der Waals surface area contributed by atoms with E-state index in [4.69, 9.17) is 15.0 Å². The molecule has 2 aliphatic carbocycles. The summed E-state index contributed by atoms with van der Waals surface area (Å²) in [5.74, 6) is -1.77. The number of thioether (sulfide) groups is 2. The van der Waals surface area contributed by atoms with Crippen molar-refractivity contribution >= 4 is 53.5 Å². The second kappa shape index (κ2) is 13.4. The van der Waals surface area contributed by atoms with Crippen LogP contribution in [0.25, 0.3) is 12.2 Å². The molecule has 0 radical (unpaired) electrons. The second-order valence-corrected chi connectivity index (χ2v) is 17.2. The van der Waals surface area contributed by atoms with Crippen molar-refractivity contribution in [3.63, 3.8) is 0 Å². The van der Waals surface area contributed by atoms with E-state index in [1.54, 1.807) is 56.6 Å². The number of aliphatic carboxylic acids is 1. The number of phenols is 1. The van der Waals surface area contributed by atoms with Gasteiger partial charge in [-0.1, -0.05) is 18.2 Å². The molecule has 3 saturated heterocycles. The first-order valence-corrected chi connectivity index (χ1v) is 18.7. The molecule has 3 aromatic rings. The number of aromatic nitrogens is 2. The van der Waals surface area contributed by atoms with Gasteiger partial charge >= 0.3 is 29.6 Å². The van der Waals surface area contributed by atoms with Crippen molar-refractivity contribution in [3.05, 3.63) is 93.7 Å². The van der Waals surface area contributed by atoms with E-state index in [-0.39, 0.29) is 46.4 Å². The number of nitrogens with zero attached hydrogens (tertiary/aromatic N) is 3. The topological polar surface area (TPSA) is 202 Å². The fourth-order valence-electron chi connectivity index (χ4n) is 8.11. The number of benzene rings is 1. The molecular weight excluding hydrogens is 716 g/mol. The van der Waals surface area contributed by atoms with Gasteiger partial charge in [0.25, 0.3) is 11.5 Å². The van der Waals surface area contributed by atoms with E-state index >= 15 is 0 Å². The number of H-pyrrole nitrogens is 1. The molecule has 264 valence electrons. The molecule has 5 unspecified atom stereocenters. The second-order valence-electron chi connectivity index (χ2n) is 14.1. The number of amides is 2. The van der Waals surface area contributed by atoms with Gasteiger partial charge < -0.3 is 35.4 Å². The third-order valence-electron chi connectivity index (χ3n) is 11.0. The van der Waals surface area contributed by atoms with Gasteiger partial charge in [0.1, 0.15) is 29.0 Å². The molecule has 16 heteroatoms. The standard InChI is InChI=1S/C36H36N6O7S2.Na/c1-33(2)36(32(47)48)35(49-36)27(41-42-34-14-11-24(34)50-18-15-34)26(28(35)51-33)40-31(46)25(20-4-8-22(43)9-5-20)39-30(45)23-10-7-21(38-29(23)44)6-3-19-12-16-37-17-13-19;/h3-10,12-13,16-17,24-28,43H,11,14-15,18H2,1-2H3,(H,38,44)(H,39,45)(H,40,46)(H,47,48);/q;+1/p-1/b6-3+,42-41?;/t24?,25?,26-,27?,28-,34?,35?,36-;/m0./s1. The van der Waals surface area contributed by atoms with E-state index in [1.807, 2.05) is 11.8 Å². The van der Waals surface area contributed by atoms with E-state index < -0.39 is 62.7 Å². The number of epoxide rings is 1. The average Bonchev–Trinajstić information content (AvgIpc) is 3.73. The Morgan fingerprint density at radius 2 is 1.85 bits per heavy atom. The number of ether oxygens (including phenoxy) is 1. The normalized spacial score (nSPS) is 32.3. The van der Waals surface area contributed by atoms with Crippen LogP contribution in [0.1, 0.15) is 66.3 Å². The summed E-state index contributed by atoms with van der Waals surface area (Å²) in [5, 5.41) is 37.8. The minimum atomic E-state index is -1.59. The number of hydrogen-bond acceptors (Lipinski definition) is 12. The van der Waals surface area contributed by atoms with E-state index in [2.05, 4.69) is 20.6 Å². The van der Waals surface area contributed by atoms with Crippen LogP contribution in [0, 0.1) is 0 Å². The number of carboxylic acid groups (broad SMARTS) is 1. The van der Waals surface area contributed by atoms with E-state index in [0.717, 1.165) is 30.6 Å². The summed E-state index contributed by atoms with van der Waals surface area (Å²) in [6.45, 7) is 3.58.